The van der Waals surface area contributed by atoms with Gasteiger partial charge in [-0.15, -0.1) is 0 Å². The van der Waals surface area contributed by atoms with Gasteiger partial charge < -0.3 is 9.80 Å². The molecule has 88 valence electrons. The van der Waals surface area contributed by atoms with Crippen molar-refractivity contribution in [3.05, 3.63) is 0 Å². The molecule has 1 fully saturated rings. The van der Waals surface area contributed by atoms with E-state index in [4.69, 9.17) is 0 Å². The van der Waals surface area contributed by atoms with Gasteiger partial charge in [0.1, 0.15) is 0 Å². The highest BCUT2D eigenvalue weighted by Crippen LogP contribution is 2.26. The third-order valence-corrected chi connectivity index (χ3v) is 3.38. The quantitative estimate of drug-likeness (QED) is 0.709. The summed E-state index contributed by atoms with van der Waals surface area (Å²) in [6.45, 7) is 2.83. The van der Waals surface area contributed by atoms with Gasteiger partial charge in [-0.1, -0.05) is 6.92 Å². The van der Waals surface area contributed by atoms with Crippen LogP contribution in [0.5, 0.6) is 0 Å². The smallest absolute Gasteiger partial charge is 0.236 e. The van der Waals surface area contributed by atoms with Crippen molar-refractivity contribution in [1.29, 1.82) is 0 Å². The SMILES string of the molecule is CC1CCC(N(C)C(=O)CN(C)C)CC1. The van der Waals surface area contributed by atoms with E-state index in [-0.39, 0.29) is 5.91 Å². The van der Waals surface area contributed by atoms with Gasteiger partial charge in [0.15, 0.2) is 0 Å². The highest BCUT2D eigenvalue weighted by atomic mass is 16.2. The molecule has 0 spiro atoms. The number of hydrogen-bond acceptors (Lipinski definition) is 2. The zero-order valence-corrected chi connectivity index (χ0v) is 10.5. The molecule has 1 aliphatic rings. The number of rotatable bonds is 3. The Morgan fingerprint density at radius 2 is 1.67 bits per heavy atom. The first-order chi connectivity index (χ1) is 7.00. The van der Waals surface area contributed by atoms with Crippen LogP contribution in [-0.2, 0) is 4.79 Å². The lowest BCUT2D eigenvalue weighted by Gasteiger charge is -2.34. The molecule has 0 bridgehead atoms. The molecule has 0 unspecified atom stereocenters. The van der Waals surface area contributed by atoms with Crippen molar-refractivity contribution in [2.45, 2.75) is 38.6 Å². The molecular weight excluding hydrogens is 188 g/mol. The summed E-state index contributed by atoms with van der Waals surface area (Å²) in [5.41, 5.74) is 0. The van der Waals surface area contributed by atoms with E-state index in [1.807, 2.05) is 30.9 Å². The Hall–Kier alpha value is -0.570. The first-order valence-electron chi connectivity index (χ1n) is 5.91. The van der Waals surface area contributed by atoms with Crippen LogP contribution in [0.3, 0.4) is 0 Å². The number of hydrogen-bond donors (Lipinski definition) is 0. The van der Waals surface area contributed by atoms with Crippen molar-refractivity contribution in [3.8, 4) is 0 Å². The molecule has 3 nitrogen and oxygen atoms in total. The molecule has 3 heteroatoms. The third-order valence-electron chi connectivity index (χ3n) is 3.38. The minimum absolute atomic E-state index is 0.250. The van der Waals surface area contributed by atoms with Crippen LogP contribution >= 0.6 is 0 Å². The second kappa shape index (κ2) is 5.50. The van der Waals surface area contributed by atoms with E-state index in [0.29, 0.717) is 12.6 Å². The van der Waals surface area contributed by atoms with Crippen molar-refractivity contribution in [1.82, 2.24) is 9.80 Å². The van der Waals surface area contributed by atoms with E-state index in [2.05, 4.69) is 6.92 Å². The summed E-state index contributed by atoms with van der Waals surface area (Å²) in [5.74, 6) is 1.10. The Balaban J connectivity index is 2.39. The summed E-state index contributed by atoms with van der Waals surface area (Å²) in [6.07, 6.45) is 4.89. The molecule has 0 aromatic heterocycles. The lowest BCUT2D eigenvalue weighted by atomic mass is 9.87. The maximum absolute atomic E-state index is 11.8. The molecule has 15 heavy (non-hydrogen) atoms. The largest absolute Gasteiger partial charge is 0.342 e. The average molecular weight is 212 g/mol. The Labute approximate surface area is 93.4 Å². The first kappa shape index (κ1) is 12.5. The van der Waals surface area contributed by atoms with Gasteiger partial charge in [-0.2, -0.15) is 0 Å². The molecule has 1 aliphatic carbocycles. The highest BCUT2D eigenvalue weighted by Gasteiger charge is 2.24. The standard InChI is InChI=1S/C12H24N2O/c1-10-5-7-11(8-6-10)14(4)12(15)9-13(2)3/h10-11H,5-9H2,1-4H3. The fraction of sp³-hybridized carbons (Fsp3) is 0.917. The number of carbonyl (C=O) groups excluding carboxylic acids is 1. The Morgan fingerprint density at radius 1 is 1.13 bits per heavy atom. The van der Waals surface area contributed by atoms with Crippen LogP contribution < -0.4 is 0 Å². The first-order valence-corrected chi connectivity index (χ1v) is 5.91. The fourth-order valence-corrected chi connectivity index (χ4v) is 2.22. The van der Waals surface area contributed by atoms with Crippen molar-refractivity contribution in [2.24, 2.45) is 5.92 Å². The molecule has 1 saturated carbocycles. The summed E-state index contributed by atoms with van der Waals surface area (Å²) >= 11 is 0. The Morgan fingerprint density at radius 3 is 2.13 bits per heavy atom. The van der Waals surface area contributed by atoms with Crippen molar-refractivity contribution in [3.63, 3.8) is 0 Å². The molecule has 0 heterocycles. The minimum atomic E-state index is 0.250. The highest BCUT2D eigenvalue weighted by molar-refractivity contribution is 5.78. The normalized spacial score (nSPS) is 26.7. The van der Waals surface area contributed by atoms with Gasteiger partial charge in [0, 0.05) is 13.1 Å². The summed E-state index contributed by atoms with van der Waals surface area (Å²) in [5, 5.41) is 0. The van der Waals surface area contributed by atoms with Gasteiger partial charge >= 0.3 is 0 Å². The zero-order valence-electron chi connectivity index (χ0n) is 10.5. The van der Waals surface area contributed by atoms with Crippen LogP contribution in [0.25, 0.3) is 0 Å². The van der Waals surface area contributed by atoms with E-state index in [0.717, 1.165) is 5.92 Å². The van der Waals surface area contributed by atoms with E-state index in [1.54, 1.807) is 0 Å². The zero-order chi connectivity index (χ0) is 11.4. The Bertz CT molecular complexity index is 208. The van der Waals surface area contributed by atoms with Gasteiger partial charge in [-0.25, -0.2) is 0 Å². The number of carbonyl (C=O) groups is 1. The molecule has 0 radical (unpaired) electrons. The molecule has 1 rings (SSSR count). The third kappa shape index (κ3) is 3.82. The predicted molar refractivity (Wildman–Crippen MR) is 62.7 cm³/mol. The van der Waals surface area contributed by atoms with Gasteiger partial charge in [0.2, 0.25) is 5.91 Å². The molecule has 0 atom stereocenters. The van der Waals surface area contributed by atoms with Crippen LogP contribution in [0.1, 0.15) is 32.6 Å². The summed E-state index contributed by atoms with van der Waals surface area (Å²) in [4.78, 5) is 15.7. The number of amides is 1. The van der Waals surface area contributed by atoms with Crippen LogP contribution in [0, 0.1) is 5.92 Å². The number of nitrogens with zero attached hydrogens (tertiary/aromatic N) is 2. The minimum Gasteiger partial charge on any atom is -0.342 e. The van der Waals surface area contributed by atoms with Crippen molar-refractivity contribution >= 4 is 5.91 Å². The predicted octanol–water partition coefficient (Wildman–Crippen LogP) is 1.59. The van der Waals surface area contributed by atoms with Crippen molar-refractivity contribution in [2.75, 3.05) is 27.7 Å². The second-order valence-corrected chi connectivity index (χ2v) is 5.16. The van der Waals surface area contributed by atoms with Crippen molar-refractivity contribution < 1.29 is 4.79 Å². The fourth-order valence-electron chi connectivity index (χ4n) is 2.22. The van der Waals surface area contributed by atoms with Gasteiger partial charge in [-0.05, 0) is 45.7 Å². The molecule has 0 aromatic rings. The van der Waals surface area contributed by atoms with Crippen LogP contribution in [0.15, 0.2) is 0 Å². The van der Waals surface area contributed by atoms with Gasteiger partial charge in [0.25, 0.3) is 0 Å². The molecule has 1 amide bonds. The molecule has 0 aliphatic heterocycles. The lowest BCUT2D eigenvalue weighted by molar-refractivity contribution is -0.133. The summed E-state index contributed by atoms with van der Waals surface area (Å²) < 4.78 is 0. The topological polar surface area (TPSA) is 23.6 Å². The van der Waals surface area contributed by atoms with E-state index in [9.17, 15) is 4.79 Å². The van der Waals surface area contributed by atoms with Crippen LogP contribution in [0.4, 0.5) is 0 Å². The van der Waals surface area contributed by atoms with E-state index < -0.39 is 0 Å². The monoisotopic (exact) mass is 212 g/mol. The van der Waals surface area contributed by atoms with Crippen LogP contribution in [0.2, 0.25) is 0 Å². The summed E-state index contributed by atoms with van der Waals surface area (Å²) in [6, 6.07) is 0.480. The maximum Gasteiger partial charge on any atom is 0.236 e. The molecular formula is C12H24N2O. The van der Waals surface area contributed by atoms with Gasteiger partial charge in [0.05, 0.1) is 6.54 Å². The van der Waals surface area contributed by atoms with Crippen LogP contribution in [-0.4, -0.2) is 49.4 Å². The number of likely N-dealkylation sites (N-methyl/N-ethyl adjacent to an activating group) is 2. The van der Waals surface area contributed by atoms with Gasteiger partial charge in [-0.3, -0.25) is 4.79 Å². The molecule has 0 saturated heterocycles. The lowest BCUT2D eigenvalue weighted by Crippen LogP contribution is -2.43. The maximum atomic E-state index is 11.8. The Kier molecular flexibility index (Phi) is 4.58. The van der Waals surface area contributed by atoms with E-state index >= 15 is 0 Å². The average Bonchev–Trinajstić information content (AvgIpc) is 2.17. The molecule has 0 aromatic carbocycles. The summed E-state index contributed by atoms with van der Waals surface area (Å²) in [7, 11) is 5.83. The van der Waals surface area contributed by atoms with E-state index in [1.165, 1.54) is 25.7 Å². The molecule has 0 N–H and O–H groups in total. The second-order valence-electron chi connectivity index (χ2n) is 5.16.